The number of hydrogen-bond acceptors (Lipinski definition) is 6. The first kappa shape index (κ1) is 19.0. The van der Waals surface area contributed by atoms with E-state index in [0.717, 1.165) is 70.6 Å². The Morgan fingerprint density at radius 1 is 1.16 bits per heavy atom. The molecule has 32 heavy (non-hydrogen) atoms. The first-order valence-electron chi connectivity index (χ1n) is 11.0. The first-order valence-corrected chi connectivity index (χ1v) is 11.0. The number of fused-ring (bicyclic) bond motifs is 1. The van der Waals surface area contributed by atoms with Gasteiger partial charge in [-0.1, -0.05) is 0 Å². The average Bonchev–Trinajstić information content (AvgIpc) is 3.57. The summed E-state index contributed by atoms with van der Waals surface area (Å²) in [5, 5.41) is 0. The van der Waals surface area contributed by atoms with Crippen LogP contribution in [0.15, 0.2) is 36.5 Å². The topological polar surface area (TPSA) is 122 Å². The van der Waals surface area contributed by atoms with Crippen molar-refractivity contribution in [2.24, 2.45) is 17.6 Å². The van der Waals surface area contributed by atoms with Gasteiger partial charge in [0.25, 0.3) is 0 Å². The van der Waals surface area contributed by atoms with E-state index in [-0.39, 0.29) is 11.8 Å². The van der Waals surface area contributed by atoms with Crippen molar-refractivity contribution in [3.63, 3.8) is 0 Å². The third-order valence-electron chi connectivity index (χ3n) is 6.48. The number of amides is 1. The normalized spacial score (nSPS) is 16.6. The second-order valence-corrected chi connectivity index (χ2v) is 8.80. The molecular formula is C24H24N6O2. The van der Waals surface area contributed by atoms with Gasteiger partial charge >= 0.3 is 0 Å². The summed E-state index contributed by atoms with van der Waals surface area (Å²) in [7, 11) is 0. The highest BCUT2D eigenvalue weighted by Gasteiger charge is 2.35. The molecule has 3 heterocycles. The molecule has 0 unspecified atom stereocenters. The van der Waals surface area contributed by atoms with Crippen LogP contribution >= 0.6 is 0 Å². The van der Waals surface area contributed by atoms with Gasteiger partial charge in [0.15, 0.2) is 0 Å². The van der Waals surface area contributed by atoms with Gasteiger partial charge in [0.1, 0.15) is 22.9 Å². The molecule has 0 radical (unpaired) electrons. The molecule has 6 rings (SSSR count). The van der Waals surface area contributed by atoms with Crippen LogP contribution in [0, 0.1) is 11.8 Å². The van der Waals surface area contributed by atoms with E-state index in [0.29, 0.717) is 24.8 Å². The van der Waals surface area contributed by atoms with Crippen LogP contribution in [0.3, 0.4) is 0 Å². The molecule has 1 aliphatic carbocycles. The highest BCUT2D eigenvalue weighted by Crippen LogP contribution is 2.40. The predicted octanol–water partition coefficient (Wildman–Crippen LogP) is 3.07. The summed E-state index contributed by atoms with van der Waals surface area (Å²) in [6.45, 7) is 1.46. The molecule has 4 N–H and O–H groups in total. The van der Waals surface area contributed by atoms with E-state index in [1.165, 1.54) is 0 Å². The van der Waals surface area contributed by atoms with Gasteiger partial charge in [0.05, 0.1) is 29.4 Å². The van der Waals surface area contributed by atoms with Crippen molar-refractivity contribution < 1.29 is 9.53 Å². The van der Waals surface area contributed by atoms with Gasteiger partial charge in [0, 0.05) is 18.0 Å². The Morgan fingerprint density at radius 3 is 2.84 bits per heavy atom. The van der Waals surface area contributed by atoms with E-state index in [1.54, 1.807) is 6.20 Å². The fourth-order valence-corrected chi connectivity index (χ4v) is 4.77. The number of primary amides is 1. The molecule has 0 spiro atoms. The third-order valence-corrected chi connectivity index (χ3v) is 6.48. The smallest absolute Gasteiger partial charge is 0.221 e. The zero-order valence-electron chi connectivity index (χ0n) is 17.6. The van der Waals surface area contributed by atoms with Crippen LogP contribution in [0.1, 0.15) is 24.8 Å². The van der Waals surface area contributed by atoms with E-state index in [9.17, 15) is 4.79 Å². The fourth-order valence-electron chi connectivity index (χ4n) is 4.77. The van der Waals surface area contributed by atoms with Crippen molar-refractivity contribution in [3.8, 4) is 17.1 Å². The third kappa shape index (κ3) is 3.23. The van der Waals surface area contributed by atoms with Crippen molar-refractivity contribution in [1.29, 1.82) is 0 Å². The second-order valence-electron chi connectivity index (χ2n) is 8.80. The van der Waals surface area contributed by atoms with Gasteiger partial charge in [-0.3, -0.25) is 9.78 Å². The number of aromatic nitrogens is 4. The van der Waals surface area contributed by atoms with Gasteiger partial charge in [-0.2, -0.15) is 0 Å². The minimum Gasteiger partial charge on any atom is -0.491 e. The molecule has 4 aromatic rings. The molecule has 162 valence electrons. The van der Waals surface area contributed by atoms with Crippen LogP contribution in [0.25, 0.3) is 33.5 Å². The largest absolute Gasteiger partial charge is 0.491 e. The van der Waals surface area contributed by atoms with E-state index < -0.39 is 0 Å². The van der Waals surface area contributed by atoms with E-state index in [2.05, 4.69) is 26.7 Å². The Balaban J connectivity index is 1.47. The Bertz CT molecular complexity index is 1370. The van der Waals surface area contributed by atoms with Crippen molar-refractivity contribution in [2.75, 3.05) is 12.3 Å². The molecule has 1 fully saturated rings. The molecule has 1 saturated carbocycles. The zero-order chi connectivity index (χ0) is 21.8. The number of nitrogens with zero attached hydrogens (tertiary/aromatic N) is 4. The maximum Gasteiger partial charge on any atom is 0.221 e. The number of carbonyl (C=O) groups excluding carboxylic acids is 1. The molecule has 8 heteroatoms. The van der Waals surface area contributed by atoms with Gasteiger partial charge < -0.3 is 20.8 Å². The molecule has 2 aromatic heterocycles. The predicted molar refractivity (Wildman–Crippen MR) is 122 cm³/mol. The number of nitrogens with two attached hydrogens (primary N) is 2. The lowest BCUT2D eigenvalue weighted by Crippen LogP contribution is -2.26. The Morgan fingerprint density at radius 2 is 2.03 bits per heavy atom. The van der Waals surface area contributed by atoms with Crippen LogP contribution in [0.5, 0.6) is 5.75 Å². The maximum atomic E-state index is 12.0. The Labute approximate surface area is 184 Å². The molecule has 0 bridgehead atoms. The van der Waals surface area contributed by atoms with Gasteiger partial charge in [-0.25, -0.2) is 9.97 Å². The van der Waals surface area contributed by atoms with Crippen molar-refractivity contribution in [2.45, 2.75) is 32.2 Å². The fraction of sp³-hybridized carbons (Fsp3) is 0.333. The van der Waals surface area contributed by atoms with Crippen LogP contribution in [-0.2, 0) is 17.8 Å². The minimum atomic E-state index is -0.219. The van der Waals surface area contributed by atoms with Crippen molar-refractivity contribution in [1.82, 2.24) is 19.5 Å². The molecule has 2 aromatic carbocycles. The SMILES string of the molecule is NC(=O)[C@@H](Cc1cc2c3c(c1)nc(-c1ccc4nc(N)cnc4c1)n3CCCO2)C1CC1. The van der Waals surface area contributed by atoms with Crippen molar-refractivity contribution >= 4 is 33.8 Å². The summed E-state index contributed by atoms with van der Waals surface area (Å²) in [5.74, 6) is 2.16. The molecule has 2 aliphatic rings. The monoisotopic (exact) mass is 428 g/mol. The van der Waals surface area contributed by atoms with Crippen LogP contribution in [-0.4, -0.2) is 32.0 Å². The molecule has 8 nitrogen and oxygen atoms in total. The molecular weight excluding hydrogens is 404 g/mol. The highest BCUT2D eigenvalue weighted by atomic mass is 16.5. The summed E-state index contributed by atoms with van der Waals surface area (Å²) >= 11 is 0. The standard InChI is InChI=1S/C24H24N6O2/c25-21-12-27-18-11-15(4-5-17(18)28-21)24-29-19-9-13(8-16(23(26)31)14-2-3-14)10-20-22(19)30(24)6-1-7-32-20/h4-5,9-12,14,16H,1-3,6-8H2,(H2,25,28)(H2,26,31)/t16-/m0/s1. The number of anilines is 1. The van der Waals surface area contributed by atoms with E-state index in [1.807, 2.05) is 18.2 Å². The van der Waals surface area contributed by atoms with Crippen molar-refractivity contribution in [3.05, 3.63) is 42.1 Å². The zero-order valence-corrected chi connectivity index (χ0v) is 17.6. The summed E-state index contributed by atoms with van der Waals surface area (Å²) in [6.07, 6.45) is 5.24. The van der Waals surface area contributed by atoms with Crippen LogP contribution < -0.4 is 16.2 Å². The maximum absolute atomic E-state index is 12.0. The van der Waals surface area contributed by atoms with Gasteiger partial charge in [-0.15, -0.1) is 0 Å². The second kappa shape index (κ2) is 7.19. The number of ether oxygens (including phenoxy) is 1. The lowest BCUT2D eigenvalue weighted by Gasteiger charge is -2.13. The van der Waals surface area contributed by atoms with E-state index in [4.69, 9.17) is 21.2 Å². The molecule has 1 atom stereocenters. The number of aryl methyl sites for hydroxylation is 1. The number of benzene rings is 2. The quantitative estimate of drug-likeness (QED) is 0.504. The number of nitrogen functional groups attached to an aromatic ring is 1. The highest BCUT2D eigenvalue weighted by molar-refractivity contribution is 5.89. The van der Waals surface area contributed by atoms with Gasteiger partial charge in [0.2, 0.25) is 5.91 Å². The molecule has 1 aliphatic heterocycles. The number of carbonyl (C=O) groups is 1. The Kier molecular flexibility index (Phi) is 4.28. The first-order chi connectivity index (χ1) is 15.6. The number of imidazole rings is 1. The summed E-state index contributed by atoms with van der Waals surface area (Å²) < 4.78 is 8.32. The molecule has 0 saturated heterocycles. The number of hydrogen-bond donors (Lipinski definition) is 2. The molecule has 1 amide bonds. The van der Waals surface area contributed by atoms with Crippen LogP contribution in [0.4, 0.5) is 5.82 Å². The summed E-state index contributed by atoms with van der Waals surface area (Å²) in [4.78, 5) is 25.7. The van der Waals surface area contributed by atoms with E-state index >= 15 is 0 Å². The minimum absolute atomic E-state index is 0.126. The lowest BCUT2D eigenvalue weighted by molar-refractivity contribution is -0.122. The summed E-state index contributed by atoms with van der Waals surface area (Å²) in [5.41, 5.74) is 16.9. The Hall–Kier alpha value is -3.68. The van der Waals surface area contributed by atoms with Crippen LogP contribution in [0.2, 0.25) is 0 Å². The average molecular weight is 428 g/mol. The number of rotatable bonds is 5. The van der Waals surface area contributed by atoms with Gasteiger partial charge in [-0.05, 0) is 67.5 Å². The summed E-state index contributed by atoms with van der Waals surface area (Å²) in [6, 6.07) is 10.1. The lowest BCUT2D eigenvalue weighted by atomic mass is 9.94.